The van der Waals surface area contributed by atoms with E-state index in [1.54, 1.807) is 18.9 Å². The minimum atomic E-state index is -0.0610. The standard InChI is InChI=1S/C14H20N4O2/c1-4-11(15)12-9-18(17-16-12)8-10-5-6-13(19-2)14(7-10)20-3/h5-7,9,11H,4,8,15H2,1-3H3. The van der Waals surface area contributed by atoms with Crippen molar-refractivity contribution in [2.75, 3.05) is 14.2 Å². The van der Waals surface area contributed by atoms with E-state index in [1.165, 1.54) is 0 Å². The van der Waals surface area contributed by atoms with Crippen molar-refractivity contribution in [2.45, 2.75) is 25.9 Å². The number of hydrogen-bond donors (Lipinski definition) is 1. The molecule has 1 heterocycles. The Kier molecular flexibility index (Phi) is 4.57. The average molecular weight is 276 g/mol. The van der Waals surface area contributed by atoms with Gasteiger partial charge in [-0.2, -0.15) is 0 Å². The SMILES string of the molecule is CCC(N)c1cn(Cc2ccc(OC)c(OC)c2)nn1. The zero-order valence-electron chi connectivity index (χ0n) is 12.0. The lowest BCUT2D eigenvalue weighted by Crippen LogP contribution is -2.08. The summed E-state index contributed by atoms with van der Waals surface area (Å²) in [4.78, 5) is 0. The zero-order valence-corrected chi connectivity index (χ0v) is 12.0. The molecule has 6 heteroatoms. The van der Waals surface area contributed by atoms with Crippen molar-refractivity contribution < 1.29 is 9.47 Å². The van der Waals surface area contributed by atoms with Crippen molar-refractivity contribution in [2.24, 2.45) is 5.73 Å². The van der Waals surface area contributed by atoms with Gasteiger partial charge in [0.1, 0.15) is 0 Å². The molecule has 0 spiro atoms. The van der Waals surface area contributed by atoms with Crippen LogP contribution in [-0.4, -0.2) is 29.2 Å². The lowest BCUT2D eigenvalue weighted by molar-refractivity contribution is 0.354. The van der Waals surface area contributed by atoms with Crippen LogP contribution in [0.4, 0.5) is 0 Å². The van der Waals surface area contributed by atoms with Crippen molar-refractivity contribution in [1.29, 1.82) is 0 Å². The van der Waals surface area contributed by atoms with Gasteiger partial charge >= 0.3 is 0 Å². The Morgan fingerprint density at radius 2 is 2.00 bits per heavy atom. The van der Waals surface area contributed by atoms with Gasteiger partial charge in [-0.15, -0.1) is 5.10 Å². The van der Waals surface area contributed by atoms with Crippen LogP contribution in [0.1, 0.15) is 30.6 Å². The van der Waals surface area contributed by atoms with Gasteiger partial charge in [-0.25, -0.2) is 4.68 Å². The molecule has 20 heavy (non-hydrogen) atoms. The maximum Gasteiger partial charge on any atom is 0.161 e. The fraction of sp³-hybridized carbons (Fsp3) is 0.429. The van der Waals surface area contributed by atoms with E-state index in [4.69, 9.17) is 15.2 Å². The Balaban J connectivity index is 2.15. The van der Waals surface area contributed by atoms with Crippen LogP contribution in [0.2, 0.25) is 0 Å². The molecule has 0 aliphatic heterocycles. The summed E-state index contributed by atoms with van der Waals surface area (Å²) in [5, 5.41) is 8.18. The Hall–Kier alpha value is -2.08. The number of ether oxygens (including phenoxy) is 2. The molecule has 108 valence electrons. The van der Waals surface area contributed by atoms with Crippen LogP contribution in [0.5, 0.6) is 11.5 Å². The zero-order chi connectivity index (χ0) is 14.5. The smallest absolute Gasteiger partial charge is 0.161 e. The topological polar surface area (TPSA) is 75.2 Å². The fourth-order valence-electron chi connectivity index (χ4n) is 1.94. The van der Waals surface area contributed by atoms with E-state index in [0.29, 0.717) is 18.0 Å². The van der Waals surface area contributed by atoms with Gasteiger partial charge < -0.3 is 15.2 Å². The Labute approximate surface area is 118 Å². The molecule has 1 aromatic carbocycles. The van der Waals surface area contributed by atoms with Gasteiger partial charge in [-0.3, -0.25) is 0 Å². The molecule has 0 fully saturated rings. The van der Waals surface area contributed by atoms with Gasteiger partial charge in [0.15, 0.2) is 11.5 Å². The molecule has 0 aliphatic carbocycles. The third-order valence-corrected chi connectivity index (χ3v) is 3.17. The van der Waals surface area contributed by atoms with Crippen LogP contribution >= 0.6 is 0 Å². The first kappa shape index (κ1) is 14.3. The third-order valence-electron chi connectivity index (χ3n) is 3.17. The molecule has 0 aliphatic rings. The van der Waals surface area contributed by atoms with E-state index in [2.05, 4.69) is 10.3 Å². The Morgan fingerprint density at radius 3 is 2.65 bits per heavy atom. The molecule has 0 bridgehead atoms. The summed E-state index contributed by atoms with van der Waals surface area (Å²) in [6.45, 7) is 2.64. The normalized spacial score (nSPS) is 12.2. The third kappa shape index (κ3) is 3.08. The van der Waals surface area contributed by atoms with Gasteiger partial charge in [0.25, 0.3) is 0 Å². The molecule has 0 saturated carbocycles. The number of rotatable bonds is 6. The van der Waals surface area contributed by atoms with Gasteiger partial charge in [-0.05, 0) is 24.1 Å². The number of methoxy groups -OCH3 is 2. The first-order valence-corrected chi connectivity index (χ1v) is 6.54. The summed E-state index contributed by atoms with van der Waals surface area (Å²) in [5.74, 6) is 1.42. The molecule has 0 radical (unpaired) electrons. The van der Waals surface area contributed by atoms with Crippen molar-refractivity contribution in [3.05, 3.63) is 35.7 Å². The summed E-state index contributed by atoms with van der Waals surface area (Å²) in [6.07, 6.45) is 2.72. The molecule has 1 atom stereocenters. The van der Waals surface area contributed by atoms with E-state index in [9.17, 15) is 0 Å². The predicted molar refractivity (Wildman–Crippen MR) is 75.9 cm³/mol. The number of nitrogens with zero attached hydrogens (tertiary/aromatic N) is 3. The van der Waals surface area contributed by atoms with Gasteiger partial charge in [-0.1, -0.05) is 18.2 Å². The number of benzene rings is 1. The highest BCUT2D eigenvalue weighted by molar-refractivity contribution is 5.42. The molecule has 1 unspecified atom stereocenters. The Bertz CT molecular complexity index is 568. The van der Waals surface area contributed by atoms with Crippen LogP contribution in [-0.2, 0) is 6.54 Å². The van der Waals surface area contributed by atoms with Crippen LogP contribution in [0.25, 0.3) is 0 Å². The van der Waals surface area contributed by atoms with Crippen molar-refractivity contribution in [3.63, 3.8) is 0 Å². The summed E-state index contributed by atoms with van der Waals surface area (Å²) in [5.41, 5.74) is 7.80. The summed E-state index contributed by atoms with van der Waals surface area (Å²) < 4.78 is 12.3. The second kappa shape index (κ2) is 6.38. The quantitative estimate of drug-likeness (QED) is 0.870. The number of nitrogens with two attached hydrogens (primary N) is 1. The number of hydrogen-bond acceptors (Lipinski definition) is 5. The van der Waals surface area contributed by atoms with Gasteiger partial charge in [0.2, 0.25) is 0 Å². The fourth-order valence-corrected chi connectivity index (χ4v) is 1.94. The predicted octanol–water partition coefficient (Wildman–Crippen LogP) is 1.75. The van der Waals surface area contributed by atoms with E-state index < -0.39 is 0 Å². The maximum atomic E-state index is 5.93. The van der Waals surface area contributed by atoms with E-state index in [0.717, 1.165) is 17.7 Å². The molecule has 2 N–H and O–H groups in total. The van der Waals surface area contributed by atoms with Crippen molar-refractivity contribution in [1.82, 2.24) is 15.0 Å². The van der Waals surface area contributed by atoms with E-state index >= 15 is 0 Å². The van der Waals surface area contributed by atoms with Crippen molar-refractivity contribution >= 4 is 0 Å². The molecule has 0 amide bonds. The van der Waals surface area contributed by atoms with Crippen molar-refractivity contribution in [3.8, 4) is 11.5 Å². The number of aromatic nitrogens is 3. The molecule has 2 aromatic rings. The highest BCUT2D eigenvalue weighted by Gasteiger charge is 2.09. The molecule has 6 nitrogen and oxygen atoms in total. The average Bonchev–Trinajstić information content (AvgIpc) is 2.94. The largest absolute Gasteiger partial charge is 0.493 e. The van der Waals surface area contributed by atoms with Gasteiger partial charge in [0.05, 0.1) is 38.7 Å². The molecule has 0 saturated heterocycles. The van der Waals surface area contributed by atoms with Crippen LogP contribution in [0, 0.1) is 0 Å². The summed E-state index contributed by atoms with van der Waals surface area (Å²) in [6, 6.07) is 5.72. The highest BCUT2D eigenvalue weighted by Crippen LogP contribution is 2.27. The monoisotopic (exact) mass is 276 g/mol. The lowest BCUT2D eigenvalue weighted by atomic mass is 10.2. The first-order chi connectivity index (χ1) is 9.67. The van der Waals surface area contributed by atoms with E-state index in [1.807, 2.05) is 31.3 Å². The molecule has 2 rings (SSSR count). The molecule has 1 aromatic heterocycles. The first-order valence-electron chi connectivity index (χ1n) is 6.54. The summed E-state index contributed by atoms with van der Waals surface area (Å²) in [7, 11) is 3.24. The minimum Gasteiger partial charge on any atom is -0.493 e. The lowest BCUT2D eigenvalue weighted by Gasteiger charge is -2.09. The van der Waals surface area contributed by atoms with E-state index in [-0.39, 0.29) is 6.04 Å². The Morgan fingerprint density at radius 1 is 1.25 bits per heavy atom. The highest BCUT2D eigenvalue weighted by atomic mass is 16.5. The van der Waals surface area contributed by atoms with Crippen LogP contribution in [0.15, 0.2) is 24.4 Å². The minimum absolute atomic E-state index is 0.0610. The second-order valence-corrected chi connectivity index (χ2v) is 4.55. The maximum absolute atomic E-state index is 5.93. The second-order valence-electron chi connectivity index (χ2n) is 4.55. The molecular formula is C14H20N4O2. The summed E-state index contributed by atoms with van der Waals surface area (Å²) >= 11 is 0. The van der Waals surface area contributed by atoms with Gasteiger partial charge in [0, 0.05) is 0 Å². The molecular weight excluding hydrogens is 256 g/mol. The van der Waals surface area contributed by atoms with Crippen LogP contribution < -0.4 is 15.2 Å². The van der Waals surface area contributed by atoms with Crippen LogP contribution in [0.3, 0.4) is 0 Å².